The third-order valence-corrected chi connectivity index (χ3v) is 4.82. The minimum Gasteiger partial charge on any atom is -0.338 e. The molecule has 0 bridgehead atoms. The van der Waals surface area contributed by atoms with Gasteiger partial charge in [0.15, 0.2) is 0 Å². The number of amides is 1. The molecule has 3 nitrogen and oxygen atoms in total. The zero-order valence-corrected chi connectivity index (χ0v) is 13.3. The molecule has 2 rings (SSSR count). The molecule has 19 heavy (non-hydrogen) atoms. The Morgan fingerprint density at radius 2 is 1.95 bits per heavy atom. The second-order valence-corrected chi connectivity index (χ2v) is 6.63. The molecule has 1 amide bonds. The molecule has 1 aliphatic rings. The molecule has 104 valence electrons. The minimum atomic E-state index is -0.959. The molecule has 1 saturated heterocycles. The Labute approximate surface area is 123 Å². The largest absolute Gasteiger partial charge is 0.338 e. The molecular weight excluding hydrogens is 304 g/mol. The van der Waals surface area contributed by atoms with Crippen molar-refractivity contribution in [3.05, 3.63) is 34.3 Å². The Morgan fingerprint density at radius 1 is 1.37 bits per heavy atom. The van der Waals surface area contributed by atoms with E-state index in [1.165, 1.54) is 0 Å². The van der Waals surface area contributed by atoms with Crippen molar-refractivity contribution >= 4 is 21.8 Å². The second-order valence-electron chi connectivity index (χ2n) is 5.71. The number of hydrogen-bond donors (Lipinski definition) is 1. The first-order chi connectivity index (χ1) is 8.84. The first kappa shape index (κ1) is 14.5. The highest BCUT2D eigenvalue weighted by molar-refractivity contribution is 9.10. The van der Waals surface area contributed by atoms with Gasteiger partial charge < -0.3 is 10.6 Å². The van der Waals surface area contributed by atoms with Crippen molar-refractivity contribution in [3.63, 3.8) is 0 Å². The molecule has 1 heterocycles. The predicted molar refractivity (Wildman–Crippen MR) is 80.6 cm³/mol. The van der Waals surface area contributed by atoms with Gasteiger partial charge in [0.1, 0.15) is 5.54 Å². The molecule has 1 aliphatic heterocycles. The van der Waals surface area contributed by atoms with Gasteiger partial charge in [0.05, 0.1) is 0 Å². The van der Waals surface area contributed by atoms with Crippen LogP contribution in [0.5, 0.6) is 0 Å². The summed E-state index contributed by atoms with van der Waals surface area (Å²) in [5.74, 6) is 0.566. The van der Waals surface area contributed by atoms with Gasteiger partial charge in [-0.3, -0.25) is 4.79 Å². The van der Waals surface area contributed by atoms with E-state index in [1.807, 2.05) is 29.2 Å². The fourth-order valence-electron chi connectivity index (χ4n) is 2.60. The lowest BCUT2D eigenvalue weighted by molar-refractivity contribution is -0.137. The van der Waals surface area contributed by atoms with E-state index >= 15 is 0 Å². The predicted octanol–water partition coefficient (Wildman–Crippen LogP) is 2.88. The van der Waals surface area contributed by atoms with Crippen LogP contribution in [0.1, 0.15) is 32.8 Å². The van der Waals surface area contributed by atoms with Gasteiger partial charge >= 0.3 is 0 Å². The van der Waals surface area contributed by atoms with Crippen molar-refractivity contribution in [3.8, 4) is 0 Å². The van der Waals surface area contributed by atoms with Crippen LogP contribution >= 0.6 is 15.9 Å². The van der Waals surface area contributed by atoms with Crippen LogP contribution in [0.2, 0.25) is 0 Å². The van der Waals surface area contributed by atoms with Gasteiger partial charge in [-0.25, -0.2) is 0 Å². The van der Waals surface area contributed by atoms with Gasteiger partial charge in [0.25, 0.3) is 0 Å². The van der Waals surface area contributed by atoms with Gasteiger partial charge in [0, 0.05) is 17.1 Å². The van der Waals surface area contributed by atoms with E-state index in [0.29, 0.717) is 5.92 Å². The van der Waals surface area contributed by atoms with E-state index in [9.17, 15) is 4.79 Å². The summed E-state index contributed by atoms with van der Waals surface area (Å²) in [7, 11) is 0. The number of carbonyl (C=O) groups excluding carboxylic acids is 1. The summed E-state index contributed by atoms with van der Waals surface area (Å²) in [5, 5.41) is 0. The van der Waals surface area contributed by atoms with Crippen molar-refractivity contribution < 1.29 is 4.79 Å². The van der Waals surface area contributed by atoms with Gasteiger partial charge in [-0.05, 0) is 43.9 Å². The van der Waals surface area contributed by atoms with E-state index in [4.69, 9.17) is 5.73 Å². The number of nitrogens with zero attached hydrogens (tertiary/aromatic N) is 1. The third-order valence-electron chi connectivity index (χ3n) is 4.29. The minimum absolute atomic E-state index is 0.0201. The lowest BCUT2D eigenvalue weighted by atomic mass is 9.91. The molecule has 0 aliphatic carbocycles. The Morgan fingerprint density at radius 3 is 2.42 bits per heavy atom. The van der Waals surface area contributed by atoms with Gasteiger partial charge in [0.2, 0.25) is 5.91 Å². The maximum absolute atomic E-state index is 12.7. The lowest BCUT2D eigenvalue weighted by Gasteiger charge is -2.32. The Bertz CT molecular complexity index is 470. The van der Waals surface area contributed by atoms with Crippen LogP contribution in [0.4, 0.5) is 0 Å². The van der Waals surface area contributed by atoms with Gasteiger partial charge in [-0.1, -0.05) is 35.0 Å². The molecular formula is C15H21BrN2O. The highest BCUT2D eigenvalue weighted by atomic mass is 79.9. The zero-order valence-electron chi connectivity index (χ0n) is 11.7. The molecule has 4 heteroatoms. The summed E-state index contributed by atoms with van der Waals surface area (Å²) >= 11 is 3.40. The summed E-state index contributed by atoms with van der Waals surface area (Å²) in [6.45, 7) is 6.90. The molecule has 2 N–H and O–H groups in total. The Hall–Kier alpha value is -0.870. The monoisotopic (exact) mass is 324 g/mol. The number of hydrogen-bond acceptors (Lipinski definition) is 2. The van der Waals surface area contributed by atoms with Crippen molar-refractivity contribution in [2.45, 2.75) is 38.8 Å². The number of benzene rings is 1. The molecule has 1 aromatic rings. The summed E-state index contributed by atoms with van der Waals surface area (Å²) in [5.41, 5.74) is 6.21. The van der Waals surface area contributed by atoms with E-state index in [2.05, 4.69) is 29.8 Å². The van der Waals surface area contributed by atoms with Crippen LogP contribution in [0, 0.1) is 5.92 Å². The van der Waals surface area contributed by atoms with Crippen LogP contribution in [-0.4, -0.2) is 23.4 Å². The van der Waals surface area contributed by atoms with Crippen LogP contribution in [0.3, 0.4) is 0 Å². The number of likely N-dealkylation sites (tertiary alicyclic amines) is 1. The van der Waals surface area contributed by atoms with Crippen molar-refractivity contribution in [1.82, 2.24) is 4.90 Å². The Balaban J connectivity index is 2.24. The van der Waals surface area contributed by atoms with Crippen molar-refractivity contribution in [2.24, 2.45) is 11.7 Å². The quantitative estimate of drug-likeness (QED) is 0.909. The molecule has 0 saturated carbocycles. The normalized spacial score (nSPS) is 26.3. The molecule has 3 atom stereocenters. The summed E-state index contributed by atoms with van der Waals surface area (Å²) < 4.78 is 0.989. The summed E-state index contributed by atoms with van der Waals surface area (Å²) in [6.07, 6.45) is 1.06. The van der Waals surface area contributed by atoms with Crippen molar-refractivity contribution in [1.29, 1.82) is 0 Å². The maximum Gasteiger partial charge on any atom is 0.247 e. The Kier molecular flexibility index (Phi) is 4.02. The van der Waals surface area contributed by atoms with Gasteiger partial charge in [-0.15, -0.1) is 0 Å². The molecule has 0 radical (unpaired) electrons. The average Bonchev–Trinajstić information content (AvgIpc) is 2.69. The second kappa shape index (κ2) is 5.25. The SMILES string of the molecule is CC1CCN(C(=O)C(C)(N)c2ccc(Br)cc2)C1C. The fraction of sp³-hybridized carbons (Fsp3) is 0.533. The smallest absolute Gasteiger partial charge is 0.247 e. The molecule has 0 aromatic heterocycles. The van der Waals surface area contributed by atoms with Crippen LogP contribution < -0.4 is 5.73 Å². The molecule has 1 aromatic carbocycles. The molecule has 3 unspecified atom stereocenters. The van der Waals surface area contributed by atoms with E-state index < -0.39 is 5.54 Å². The number of halogens is 1. The van der Waals surface area contributed by atoms with Gasteiger partial charge in [-0.2, -0.15) is 0 Å². The third kappa shape index (κ3) is 2.70. The molecule has 0 spiro atoms. The van der Waals surface area contributed by atoms with Crippen LogP contribution in [0.15, 0.2) is 28.7 Å². The van der Waals surface area contributed by atoms with Crippen molar-refractivity contribution in [2.75, 3.05) is 6.54 Å². The summed E-state index contributed by atoms with van der Waals surface area (Å²) in [4.78, 5) is 14.6. The number of nitrogens with two attached hydrogens (primary N) is 1. The maximum atomic E-state index is 12.7. The highest BCUT2D eigenvalue weighted by Crippen LogP contribution is 2.29. The number of carbonyl (C=O) groups is 1. The first-order valence-electron chi connectivity index (χ1n) is 6.70. The van der Waals surface area contributed by atoms with E-state index in [1.54, 1.807) is 6.92 Å². The summed E-state index contributed by atoms with van der Waals surface area (Å²) in [6, 6.07) is 7.93. The first-order valence-corrected chi connectivity index (χ1v) is 7.49. The van der Waals surface area contributed by atoms with E-state index in [-0.39, 0.29) is 11.9 Å². The standard InChI is InChI=1S/C15H21BrN2O/c1-10-8-9-18(11(10)2)14(19)15(3,17)12-4-6-13(16)7-5-12/h4-7,10-11H,8-9,17H2,1-3H3. The molecule has 1 fully saturated rings. The zero-order chi connectivity index (χ0) is 14.2. The highest BCUT2D eigenvalue weighted by Gasteiger charge is 2.40. The van der Waals surface area contributed by atoms with Crippen LogP contribution in [0.25, 0.3) is 0 Å². The fourth-order valence-corrected chi connectivity index (χ4v) is 2.86. The number of rotatable bonds is 2. The average molecular weight is 325 g/mol. The van der Waals surface area contributed by atoms with E-state index in [0.717, 1.165) is 23.0 Å². The van der Waals surface area contributed by atoms with Crippen LogP contribution in [-0.2, 0) is 10.3 Å². The topological polar surface area (TPSA) is 46.3 Å². The lowest BCUT2D eigenvalue weighted by Crippen LogP contribution is -2.52.